The van der Waals surface area contributed by atoms with E-state index in [1.54, 1.807) is 18.3 Å². The number of carbonyl (C=O) groups excluding carboxylic acids is 1. The maximum atomic E-state index is 13.7. The molecule has 1 aromatic heterocycles. The molecule has 2 heterocycles. The number of anilines is 1. The van der Waals surface area contributed by atoms with Crippen LogP contribution in [0.5, 0.6) is 0 Å². The molecule has 1 aliphatic carbocycles. The number of β-lactam (4-membered cyclic amide) rings is 1. The van der Waals surface area contributed by atoms with Gasteiger partial charge in [-0.3, -0.25) is 4.79 Å². The number of para-hydroxylation sites is 1. The second-order valence-corrected chi connectivity index (χ2v) is 7.81. The first kappa shape index (κ1) is 20.9. The van der Waals surface area contributed by atoms with Crippen molar-refractivity contribution in [2.24, 2.45) is 0 Å². The van der Waals surface area contributed by atoms with Gasteiger partial charge in [0.05, 0.1) is 23.5 Å². The van der Waals surface area contributed by atoms with Gasteiger partial charge in [-0.15, -0.1) is 5.10 Å². The fourth-order valence-electron chi connectivity index (χ4n) is 4.13. The van der Waals surface area contributed by atoms with E-state index in [1.807, 2.05) is 48.6 Å². The summed E-state index contributed by atoms with van der Waals surface area (Å²) in [6, 6.07) is 13.0. The molecule has 8 heteroatoms. The average molecular weight is 448 g/mol. The van der Waals surface area contributed by atoms with Crippen molar-refractivity contribution >= 4 is 23.2 Å². The third kappa shape index (κ3) is 3.88. The minimum absolute atomic E-state index is 0.171. The number of allylic oxidation sites excluding steroid dienone is 4. The topological polar surface area (TPSA) is 51.0 Å². The van der Waals surface area contributed by atoms with Gasteiger partial charge in [0.1, 0.15) is 5.69 Å². The van der Waals surface area contributed by atoms with E-state index < -0.39 is 29.7 Å². The zero-order valence-corrected chi connectivity index (χ0v) is 17.4. The number of hydrogen-bond acceptors (Lipinski definition) is 3. The van der Waals surface area contributed by atoms with E-state index in [0.717, 1.165) is 23.6 Å². The number of rotatable bonds is 5. The third-order valence-electron chi connectivity index (χ3n) is 5.73. The lowest BCUT2D eigenvalue weighted by molar-refractivity contribution is -0.137. The maximum Gasteiger partial charge on any atom is 0.418 e. The molecule has 1 amide bonds. The Morgan fingerprint density at radius 2 is 1.79 bits per heavy atom. The monoisotopic (exact) mass is 448 g/mol. The number of nitrogens with zero attached hydrogens (tertiary/aromatic N) is 4. The number of amides is 1. The van der Waals surface area contributed by atoms with Gasteiger partial charge in [-0.25, -0.2) is 4.68 Å². The summed E-state index contributed by atoms with van der Waals surface area (Å²) in [5.74, 6) is -0.471. The van der Waals surface area contributed by atoms with Gasteiger partial charge in [0.25, 0.3) is 5.91 Å². The van der Waals surface area contributed by atoms with E-state index in [-0.39, 0.29) is 5.69 Å². The van der Waals surface area contributed by atoms with Crippen LogP contribution < -0.4 is 4.90 Å². The number of hydrogen-bond donors (Lipinski definition) is 0. The van der Waals surface area contributed by atoms with Crippen molar-refractivity contribution in [1.29, 1.82) is 0 Å². The summed E-state index contributed by atoms with van der Waals surface area (Å²) in [4.78, 5) is 14.4. The third-order valence-corrected chi connectivity index (χ3v) is 5.73. The molecule has 1 unspecified atom stereocenters. The van der Waals surface area contributed by atoms with E-state index in [4.69, 9.17) is 0 Å². The standard InChI is InChI=1S/C25H19F3N4O/c26-25(27,28)19-12-6-7-13-21(19)32-22(15-14-17-8-2-1-3-9-17)23(24(32)33)31-16-20(29-30-31)18-10-4-5-11-18/h1-4,6-16,22-23H,5H2/b15-14+/t22-,23?/m1/s1. The Labute approximate surface area is 188 Å². The second-order valence-electron chi connectivity index (χ2n) is 7.81. The molecule has 33 heavy (non-hydrogen) atoms. The molecule has 0 radical (unpaired) electrons. The van der Waals surface area contributed by atoms with Crippen molar-refractivity contribution in [2.75, 3.05) is 4.90 Å². The highest BCUT2D eigenvalue weighted by Crippen LogP contribution is 2.43. The number of halogens is 3. The van der Waals surface area contributed by atoms with Gasteiger partial charge >= 0.3 is 6.18 Å². The SMILES string of the molecule is O=C1C(n2cc(C3=CCC=C3)nn2)[C@@H](/C=C/c2ccccc2)N1c1ccccc1C(F)(F)F. The van der Waals surface area contributed by atoms with Crippen LogP contribution in [-0.2, 0) is 11.0 Å². The highest BCUT2D eigenvalue weighted by molar-refractivity contribution is 6.05. The predicted octanol–water partition coefficient (Wildman–Crippen LogP) is 5.31. The number of carbonyl (C=O) groups is 1. The van der Waals surface area contributed by atoms with Crippen molar-refractivity contribution in [3.63, 3.8) is 0 Å². The molecule has 1 aliphatic heterocycles. The molecule has 1 fully saturated rings. The molecular weight excluding hydrogens is 429 g/mol. The van der Waals surface area contributed by atoms with Gasteiger partial charge in [-0.1, -0.05) is 78.1 Å². The van der Waals surface area contributed by atoms with Crippen molar-refractivity contribution in [1.82, 2.24) is 15.0 Å². The zero-order valence-electron chi connectivity index (χ0n) is 17.4. The van der Waals surface area contributed by atoms with Crippen molar-refractivity contribution in [3.8, 4) is 0 Å². The smallest absolute Gasteiger partial charge is 0.300 e. The molecule has 2 aromatic carbocycles. The van der Waals surface area contributed by atoms with Gasteiger partial charge in [0.2, 0.25) is 0 Å². The molecule has 5 nitrogen and oxygen atoms in total. The fraction of sp³-hybridized carbons (Fsp3) is 0.160. The van der Waals surface area contributed by atoms with Crippen LogP contribution in [-0.4, -0.2) is 26.9 Å². The summed E-state index contributed by atoms with van der Waals surface area (Å²) in [6.45, 7) is 0. The van der Waals surface area contributed by atoms with Gasteiger partial charge in [-0.05, 0) is 29.7 Å². The van der Waals surface area contributed by atoms with Crippen LogP contribution in [0.3, 0.4) is 0 Å². The molecule has 1 saturated heterocycles. The lowest BCUT2D eigenvalue weighted by Crippen LogP contribution is -2.61. The first-order valence-electron chi connectivity index (χ1n) is 10.4. The van der Waals surface area contributed by atoms with E-state index in [2.05, 4.69) is 10.3 Å². The number of aromatic nitrogens is 3. The van der Waals surface area contributed by atoms with Crippen LogP contribution in [0, 0.1) is 0 Å². The quantitative estimate of drug-likeness (QED) is 0.497. The Morgan fingerprint density at radius 3 is 2.52 bits per heavy atom. The molecular formula is C25H19F3N4O. The zero-order chi connectivity index (χ0) is 23.0. The summed E-state index contributed by atoms with van der Waals surface area (Å²) < 4.78 is 42.5. The summed E-state index contributed by atoms with van der Waals surface area (Å²) in [5, 5.41) is 8.29. The molecule has 0 N–H and O–H groups in total. The van der Waals surface area contributed by atoms with Crippen LogP contribution in [0.15, 0.2) is 85.1 Å². The van der Waals surface area contributed by atoms with Crippen molar-refractivity contribution in [3.05, 3.63) is 102 Å². The Bertz CT molecular complexity index is 1270. The Morgan fingerprint density at radius 1 is 1.03 bits per heavy atom. The molecule has 166 valence electrons. The number of benzene rings is 2. The predicted molar refractivity (Wildman–Crippen MR) is 119 cm³/mol. The van der Waals surface area contributed by atoms with Crippen LogP contribution in [0.25, 0.3) is 11.6 Å². The maximum absolute atomic E-state index is 13.7. The lowest BCUT2D eigenvalue weighted by Gasteiger charge is -2.46. The normalized spacial score (nSPS) is 20.4. The minimum atomic E-state index is -4.59. The van der Waals surface area contributed by atoms with E-state index in [9.17, 15) is 18.0 Å². The van der Waals surface area contributed by atoms with Gasteiger partial charge < -0.3 is 4.90 Å². The lowest BCUT2D eigenvalue weighted by atomic mass is 9.91. The highest BCUT2D eigenvalue weighted by atomic mass is 19.4. The van der Waals surface area contributed by atoms with Gasteiger partial charge in [0.15, 0.2) is 6.04 Å². The van der Waals surface area contributed by atoms with Crippen LogP contribution in [0.1, 0.15) is 29.3 Å². The molecule has 0 saturated carbocycles. The Balaban J connectivity index is 1.53. The first-order valence-corrected chi connectivity index (χ1v) is 10.4. The van der Waals surface area contributed by atoms with Crippen LogP contribution in [0.2, 0.25) is 0 Å². The van der Waals surface area contributed by atoms with E-state index in [0.29, 0.717) is 5.69 Å². The van der Waals surface area contributed by atoms with Gasteiger partial charge in [0, 0.05) is 0 Å². The van der Waals surface area contributed by atoms with Crippen LogP contribution >= 0.6 is 0 Å². The molecule has 0 spiro atoms. The summed E-state index contributed by atoms with van der Waals surface area (Å²) >= 11 is 0. The van der Waals surface area contributed by atoms with Crippen molar-refractivity contribution in [2.45, 2.75) is 24.7 Å². The Kier molecular flexibility index (Phi) is 5.20. The molecule has 3 aromatic rings. The summed E-state index contributed by atoms with van der Waals surface area (Å²) in [5.41, 5.74) is 1.38. The second kappa shape index (κ2) is 8.20. The first-order chi connectivity index (χ1) is 15.9. The molecule has 0 bridgehead atoms. The molecule has 5 rings (SSSR count). The summed E-state index contributed by atoms with van der Waals surface area (Å²) in [6.07, 6.45) is 7.33. The minimum Gasteiger partial charge on any atom is -0.300 e. The largest absolute Gasteiger partial charge is 0.418 e. The van der Waals surface area contributed by atoms with E-state index in [1.165, 1.54) is 27.8 Å². The molecule has 2 atom stereocenters. The van der Waals surface area contributed by atoms with Crippen molar-refractivity contribution < 1.29 is 18.0 Å². The van der Waals surface area contributed by atoms with Crippen LogP contribution in [0.4, 0.5) is 18.9 Å². The van der Waals surface area contributed by atoms with E-state index >= 15 is 0 Å². The highest BCUT2D eigenvalue weighted by Gasteiger charge is 2.51. The Hall–Kier alpha value is -3.94. The fourth-order valence-corrected chi connectivity index (χ4v) is 4.13. The average Bonchev–Trinajstić information content (AvgIpc) is 3.49. The van der Waals surface area contributed by atoms with Gasteiger partial charge in [-0.2, -0.15) is 13.2 Å². The summed E-state index contributed by atoms with van der Waals surface area (Å²) in [7, 11) is 0. The molecule has 2 aliphatic rings. The number of alkyl halides is 3.